The molecule has 8 nitrogen and oxygen atoms in total. The van der Waals surface area contributed by atoms with Crippen molar-refractivity contribution in [3.05, 3.63) is 30.0 Å². The number of hydrogen-bond acceptors (Lipinski definition) is 6. The van der Waals surface area contributed by atoms with Gasteiger partial charge in [0.05, 0.1) is 24.8 Å². The number of ether oxygens (including phenoxy) is 2. The average Bonchev–Trinajstić information content (AvgIpc) is 3.11. The second kappa shape index (κ2) is 5.80. The minimum atomic E-state index is -0.532. The van der Waals surface area contributed by atoms with Crippen LogP contribution in [0.5, 0.6) is 5.75 Å². The van der Waals surface area contributed by atoms with Gasteiger partial charge >= 0.3 is 6.09 Å². The molecule has 1 aromatic carbocycles. The molecule has 0 bridgehead atoms. The van der Waals surface area contributed by atoms with Crippen molar-refractivity contribution in [2.75, 3.05) is 24.6 Å². The Kier molecular flexibility index (Phi) is 3.60. The summed E-state index contributed by atoms with van der Waals surface area (Å²) in [6, 6.07) is 5.31. The zero-order valence-corrected chi connectivity index (χ0v) is 13.7. The Morgan fingerprint density at radius 2 is 2.32 bits per heavy atom. The van der Waals surface area contributed by atoms with Crippen molar-refractivity contribution in [1.29, 1.82) is 0 Å². The van der Waals surface area contributed by atoms with Crippen molar-refractivity contribution in [2.45, 2.75) is 19.1 Å². The van der Waals surface area contributed by atoms with Gasteiger partial charge in [-0.15, -0.1) is 0 Å². The van der Waals surface area contributed by atoms with E-state index in [1.807, 2.05) is 13.0 Å². The fourth-order valence-electron chi connectivity index (χ4n) is 3.43. The fraction of sp³-hybridized carbons (Fsp3) is 0.353. The lowest BCUT2D eigenvalue weighted by Crippen LogP contribution is -2.32. The summed E-state index contributed by atoms with van der Waals surface area (Å²) in [5.74, 6) is 0.679. The van der Waals surface area contributed by atoms with Crippen molar-refractivity contribution < 1.29 is 19.1 Å². The van der Waals surface area contributed by atoms with Crippen LogP contribution in [0, 0.1) is 0 Å². The van der Waals surface area contributed by atoms with Crippen LogP contribution in [0.4, 0.5) is 10.6 Å². The Hall–Kier alpha value is -3.03. The van der Waals surface area contributed by atoms with E-state index in [1.165, 1.54) is 0 Å². The standard InChI is InChI=1S/C17H18N4O4/c1-2-24-13-6-10-9(5-11(13)15(18)22)3-4-19-16(10)21-7-12-14(8-21)25-17(23)20-12/h3-6,12,14H,2,7-8H2,1H3,(H2,18,22)(H,20,23)/t12-,14+/m1/s1. The van der Waals surface area contributed by atoms with Crippen LogP contribution in [0.2, 0.25) is 0 Å². The summed E-state index contributed by atoms with van der Waals surface area (Å²) < 4.78 is 10.8. The van der Waals surface area contributed by atoms with Crippen molar-refractivity contribution in [1.82, 2.24) is 10.3 Å². The number of amides is 2. The molecule has 2 aromatic rings. The Bertz CT molecular complexity index is 853. The molecular weight excluding hydrogens is 324 g/mol. The number of rotatable bonds is 4. The van der Waals surface area contributed by atoms with E-state index in [0.29, 0.717) is 31.0 Å². The summed E-state index contributed by atoms with van der Waals surface area (Å²) in [5, 5.41) is 4.52. The first-order chi connectivity index (χ1) is 12.1. The maximum absolute atomic E-state index is 11.7. The molecule has 2 aliphatic heterocycles. The van der Waals surface area contributed by atoms with Crippen LogP contribution in [-0.2, 0) is 4.74 Å². The molecule has 1 aromatic heterocycles. The molecule has 2 atom stereocenters. The van der Waals surface area contributed by atoms with Gasteiger partial charge < -0.3 is 25.4 Å². The number of nitrogens with two attached hydrogens (primary N) is 1. The van der Waals surface area contributed by atoms with E-state index < -0.39 is 5.91 Å². The van der Waals surface area contributed by atoms with E-state index >= 15 is 0 Å². The van der Waals surface area contributed by atoms with E-state index in [1.54, 1.807) is 18.3 Å². The van der Waals surface area contributed by atoms with Gasteiger partial charge in [0.25, 0.3) is 5.91 Å². The molecule has 0 spiro atoms. The second-order valence-corrected chi connectivity index (χ2v) is 6.10. The lowest BCUT2D eigenvalue weighted by Gasteiger charge is -2.20. The number of carbonyl (C=O) groups is 2. The van der Waals surface area contributed by atoms with Crippen molar-refractivity contribution in [2.24, 2.45) is 5.73 Å². The van der Waals surface area contributed by atoms with Crippen LogP contribution >= 0.6 is 0 Å². The summed E-state index contributed by atoms with van der Waals surface area (Å²) in [4.78, 5) is 29.6. The fourth-order valence-corrected chi connectivity index (χ4v) is 3.43. The number of anilines is 1. The molecule has 2 saturated heterocycles. The third kappa shape index (κ3) is 2.59. The third-order valence-corrected chi connectivity index (χ3v) is 4.54. The van der Waals surface area contributed by atoms with Crippen molar-refractivity contribution >= 4 is 28.6 Å². The average molecular weight is 342 g/mol. The molecule has 8 heteroatoms. The van der Waals surface area contributed by atoms with E-state index in [9.17, 15) is 9.59 Å². The van der Waals surface area contributed by atoms with Gasteiger partial charge in [0, 0.05) is 18.1 Å². The van der Waals surface area contributed by atoms with Gasteiger partial charge in [0.2, 0.25) is 0 Å². The number of pyridine rings is 1. The molecule has 0 radical (unpaired) electrons. The second-order valence-electron chi connectivity index (χ2n) is 6.10. The molecule has 0 saturated carbocycles. The zero-order valence-electron chi connectivity index (χ0n) is 13.7. The van der Waals surface area contributed by atoms with Gasteiger partial charge in [0.1, 0.15) is 17.7 Å². The topological polar surface area (TPSA) is 107 Å². The quantitative estimate of drug-likeness (QED) is 0.859. The van der Waals surface area contributed by atoms with E-state index in [0.717, 1.165) is 16.6 Å². The molecule has 0 aliphatic carbocycles. The highest BCUT2D eigenvalue weighted by Crippen LogP contribution is 2.33. The number of aromatic nitrogens is 1. The summed E-state index contributed by atoms with van der Waals surface area (Å²) in [7, 11) is 0. The zero-order chi connectivity index (χ0) is 17.6. The van der Waals surface area contributed by atoms with Crippen molar-refractivity contribution in [3.63, 3.8) is 0 Å². The lowest BCUT2D eigenvalue weighted by atomic mass is 10.1. The van der Waals surface area contributed by atoms with Gasteiger partial charge in [-0.1, -0.05) is 0 Å². The number of alkyl carbamates (subject to hydrolysis) is 1. The first-order valence-electron chi connectivity index (χ1n) is 8.14. The van der Waals surface area contributed by atoms with Crippen LogP contribution in [0.15, 0.2) is 24.4 Å². The molecule has 4 rings (SSSR count). The maximum Gasteiger partial charge on any atom is 0.407 e. The summed E-state index contributed by atoms with van der Waals surface area (Å²) in [5.41, 5.74) is 5.82. The molecule has 25 heavy (non-hydrogen) atoms. The Morgan fingerprint density at radius 1 is 1.48 bits per heavy atom. The van der Waals surface area contributed by atoms with Crippen molar-refractivity contribution in [3.8, 4) is 5.75 Å². The third-order valence-electron chi connectivity index (χ3n) is 4.54. The van der Waals surface area contributed by atoms with Crippen LogP contribution in [0.25, 0.3) is 10.8 Å². The lowest BCUT2D eigenvalue weighted by molar-refractivity contribution is 0.0996. The van der Waals surface area contributed by atoms with E-state index in [-0.39, 0.29) is 18.2 Å². The number of hydrogen-bond donors (Lipinski definition) is 2. The van der Waals surface area contributed by atoms with Gasteiger partial charge in [-0.2, -0.15) is 0 Å². The maximum atomic E-state index is 11.7. The van der Waals surface area contributed by atoms with Crippen LogP contribution < -0.4 is 20.7 Å². The van der Waals surface area contributed by atoms with Crippen LogP contribution in [-0.4, -0.2) is 48.8 Å². The van der Waals surface area contributed by atoms with E-state index in [2.05, 4.69) is 15.2 Å². The minimum Gasteiger partial charge on any atom is -0.493 e. The number of fused-ring (bicyclic) bond motifs is 2. The predicted octanol–water partition coefficient (Wildman–Crippen LogP) is 1.03. The molecule has 3 heterocycles. The molecule has 0 unspecified atom stereocenters. The first kappa shape index (κ1) is 15.5. The highest BCUT2D eigenvalue weighted by atomic mass is 16.6. The normalized spacial score (nSPS) is 21.8. The number of benzene rings is 1. The highest BCUT2D eigenvalue weighted by molar-refractivity contribution is 6.03. The summed E-state index contributed by atoms with van der Waals surface area (Å²) in [6.07, 6.45) is 1.14. The Balaban J connectivity index is 1.76. The van der Waals surface area contributed by atoms with Gasteiger partial charge in [-0.05, 0) is 30.5 Å². The molecule has 3 N–H and O–H groups in total. The van der Waals surface area contributed by atoms with Crippen LogP contribution in [0.3, 0.4) is 0 Å². The number of nitrogens with one attached hydrogen (secondary N) is 1. The largest absolute Gasteiger partial charge is 0.493 e. The van der Waals surface area contributed by atoms with Gasteiger partial charge in [0.15, 0.2) is 0 Å². The van der Waals surface area contributed by atoms with Crippen LogP contribution in [0.1, 0.15) is 17.3 Å². The summed E-state index contributed by atoms with van der Waals surface area (Å²) in [6.45, 7) is 3.46. The minimum absolute atomic E-state index is 0.0409. The highest BCUT2D eigenvalue weighted by Gasteiger charge is 2.42. The number of carbonyl (C=O) groups excluding carboxylic acids is 2. The molecular formula is C17H18N4O4. The predicted molar refractivity (Wildman–Crippen MR) is 90.8 cm³/mol. The Labute approximate surface area is 143 Å². The molecule has 2 fully saturated rings. The van der Waals surface area contributed by atoms with Gasteiger partial charge in [-0.25, -0.2) is 9.78 Å². The number of nitrogens with zero attached hydrogens (tertiary/aromatic N) is 2. The van der Waals surface area contributed by atoms with Gasteiger partial charge in [-0.3, -0.25) is 4.79 Å². The molecule has 130 valence electrons. The first-order valence-corrected chi connectivity index (χ1v) is 8.14. The number of primary amides is 1. The monoisotopic (exact) mass is 342 g/mol. The smallest absolute Gasteiger partial charge is 0.407 e. The summed E-state index contributed by atoms with van der Waals surface area (Å²) >= 11 is 0. The SMILES string of the molecule is CCOc1cc2c(N3C[C@@H]4OC(=O)N[C@@H]4C3)nccc2cc1C(N)=O. The Morgan fingerprint density at radius 3 is 3.04 bits per heavy atom. The van der Waals surface area contributed by atoms with E-state index in [4.69, 9.17) is 15.2 Å². The molecule has 2 aliphatic rings. The molecule has 2 amide bonds.